The van der Waals surface area contributed by atoms with Gasteiger partial charge in [-0.05, 0) is 18.6 Å². The highest BCUT2D eigenvalue weighted by Gasteiger charge is 2.11. The van der Waals surface area contributed by atoms with E-state index >= 15 is 0 Å². The molecular weight excluding hydrogens is 292 g/mol. The lowest BCUT2D eigenvalue weighted by Crippen LogP contribution is -2.11. The topological polar surface area (TPSA) is 52.6 Å². The SMILES string of the molecule is CCCCCCCCCCCC(=O)OOC(=O)c1ccccc1. The third-order valence-corrected chi connectivity index (χ3v) is 3.70. The van der Waals surface area contributed by atoms with Crippen LogP contribution in [0.1, 0.15) is 81.5 Å². The number of rotatable bonds is 11. The van der Waals surface area contributed by atoms with Crippen molar-refractivity contribution < 1.29 is 19.4 Å². The Kier molecular flexibility index (Phi) is 10.6. The van der Waals surface area contributed by atoms with Crippen LogP contribution in [-0.2, 0) is 14.6 Å². The van der Waals surface area contributed by atoms with Crippen LogP contribution in [0, 0.1) is 0 Å². The molecule has 0 amide bonds. The molecule has 4 nitrogen and oxygen atoms in total. The molecule has 0 radical (unpaired) electrons. The number of hydrogen-bond acceptors (Lipinski definition) is 4. The summed E-state index contributed by atoms with van der Waals surface area (Å²) in [6.07, 6.45) is 11.0. The molecule has 23 heavy (non-hydrogen) atoms. The number of carbonyl (C=O) groups excluding carboxylic acids is 2. The van der Waals surface area contributed by atoms with Crippen molar-refractivity contribution in [2.24, 2.45) is 0 Å². The first-order valence-electron chi connectivity index (χ1n) is 8.70. The Balaban J connectivity index is 1.97. The van der Waals surface area contributed by atoms with Crippen molar-refractivity contribution in [3.8, 4) is 0 Å². The second kappa shape index (κ2) is 12.7. The number of benzene rings is 1. The summed E-state index contributed by atoms with van der Waals surface area (Å²) in [5.74, 6) is -1.14. The van der Waals surface area contributed by atoms with Crippen LogP contribution in [0.4, 0.5) is 0 Å². The van der Waals surface area contributed by atoms with Crippen molar-refractivity contribution in [3.05, 3.63) is 35.9 Å². The molecule has 0 aliphatic carbocycles. The van der Waals surface area contributed by atoms with E-state index in [1.54, 1.807) is 30.3 Å². The summed E-state index contributed by atoms with van der Waals surface area (Å²) in [5, 5.41) is 0. The van der Waals surface area contributed by atoms with Crippen molar-refractivity contribution in [1.82, 2.24) is 0 Å². The molecule has 0 aromatic heterocycles. The van der Waals surface area contributed by atoms with E-state index in [9.17, 15) is 9.59 Å². The molecule has 0 atom stereocenters. The van der Waals surface area contributed by atoms with E-state index < -0.39 is 11.9 Å². The fourth-order valence-corrected chi connectivity index (χ4v) is 2.33. The average molecular weight is 320 g/mol. The van der Waals surface area contributed by atoms with Gasteiger partial charge in [0.2, 0.25) is 0 Å². The molecule has 1 rings (SSSR count). The summed E-state index contributed by atoms with van der Waals surface area (Å²) in [5.41, 5.74) is 0.364. The van der Waals surface area contributed by atoms with Gasteiger partial charge in [0, 0.05) is 0 Å². The Bertz CT molecular complexity index is 442. The van der Waals surface area contributed by atoms with Gasteiger partial charge in [-0.3, -0.25) is 0 Å². The van der Waals surface area contributed by atoms with Gasteiger partial charge < -0.3 is 0 Å². The Hall–Kier alpha value is -1.84. The van der Waals surface area contributed by atoms with Gasteiger partial charge in [0.1, 0.15) is 0 Å². The third kappa shape index (κ3) is 9.72. The highest BCUT2D eigenvalue weighted by atomic mass is 17.2. The average Bonchev–Trinajstić information content (AvgIpc) is 2.59. The summed E-state index contributed by atoms with van der Waals surface area (Å²) in [4.78, 5) is 32.1. The monoisotopic (exact) mass is 320 g/mol. The quantitative estimate of drug-likeness (QED) is 0.318. The van der Waals surface area contributed by atoms with E-state index in [4.69, 9.17) is 0 Å². The normalized spacial score (nSPS) is 10.3. The lowest BCUT2D eigenvalue weighted by Gasteiger charge is -2.04. The first-order valence-corrected chi connectivity index (χ1v) is 8.70. The van der Waals surface area contributed by atoms with Crippen LogP contribution in [-0.4, -0.2) is 11.9 Å². The molecule has 0 N–H and O–H groups in total. The molecule has 0 saturated heterocycles. The summed E-state index contributed by atoms with van der Waals surface area (Å²) in [6.45, 7) is 2.22. The van der Waals surface area contributed by atoms with Crippen LogP contribution in [0.2, 0.25) is 0 Å². The molecule has 0 saturated carbocycles. The van der Waals surface area contributed by atoms with Gasteiger partial charge in [-0.2, -0.15) is 0 Å². The van der Waals surface area contributed by atoms with Crippen molar-refractivity contribution in [3.63, 3.8) is 0 Å². The van der Waals surface area contributed by atoms with Gasteiger partial charge in [-0.15, -0.1) is 0 Å². The second-order valence-corrected chi connectivity index (χ2v) is 5.77. The Morgan fingerprint density at radius 2 is 1.35 bits per heavy atom. The molecule has 4 heteroatoms. The molecule has 1 aromatic carbocycles. The maximum Gasteiger partial charge on any atom is 0.386 e. The van der Waals surface area contributed by atoms with Crippen molar-refractivity contribution in [2.75, 3.05) is 0 Å². The molecule has 0 aliphatic heterocycles. The van der Waals surface area contributed by atoms with E-state index in [1.165, 1.54) is 38.5 Å². The number of carbonyl (C=O) groups is 2. The predicted octanol–water partition coefficient (Wildman–Crippen LogP) is 5.22. The lowest BCUT2D eigenvalue weighted by atomic mass is 10.1. The fourth-order valence-electron chi connectivity index (χ4n) is 2.33. The van der Waals surface area contributed by atoms with Gasteiger partial charge >= 0.3 is 11.9 Å². The molecule has 1 aromatic rings. The maximum atomic E-state index is 11.6. The first-order chi connectivity index (χ1) is 11.2. The van der Waals surface area contributed by atoms with E-state index in [0.717, 1.165) is 19.3 Å². The zero-order valence-corrected chi connectivity index (χ0v) is 14.1. The van der Waals surface area contributed by atoms with Gasteiger partial charge in [-0.1, -0.05) is 76.5 Å². The van der Waals surface area contributed by atoms with Gasteiger partial charge in [0.05, 0.1) is 12.0 Å². The van der Waals surface area contributed by atoms with E-state index in [-0.39, 0.29) is 6.42 Å². The minimum Gasteiger partial charge on any atom is -0.247 e. The van der Waals surface area contributed by atoms with Crippen molar-refractivity contribution in [1.29, 1.82) is 0 Å². The zero-order valence-electron chi connectivity index (χ0n) is 14.1. The summed E-state index contributed by atoms with van der Waals surface area (Å²) in [6, 6.07) is 8.46. The molecule has 0 fully saturated rings. The fraction of sp³-hybridized carbons (Fsp3) is 0.579. The summed E-state index contributed by atoms with van der Waals surface area (Å²) < 4.78 is 0. The Morgan fingerprint density at radius 3 is 1.96 bits per heavy atom. The largest absolute Gasteiger partial charge is 0.386 e. The van der Waals surface area contributed by atoms with Crippen LogP contribution in [0.25, 0.3) is 0 Å². The van der Waals surface area contributed by atoms with E-state index in [0.29, 0.717) is 5.56 Å². The smallest absolute Gasteiger partial charge is 0.247 e. The number of unbranched alkanes of at least 4 members (excludes halogenated alkanes) is 8. The van der Waals surface area contributed by atoms with Crippen LogP contribution in [0.3, 0.4) is 0 Å². The molecule has 0 bridgehead atoms. The number of hydrogen-bond donors (Lipinski definition) is 0. The van der Waals surface area contributed by atoms with Crippen LogP contribution < -0.4 is 0 Å². The molecule has 0 spiro atoms. The van der Waals surface area contributed by atoms with Crippen LogP contribution in [0.5, 0.6) is 0 Å². The minimum atomic E-state index is -0.647. The van der Waals surface area contributed by atoms with Gasteiger partial charge in [0.15, 0.2) is 0 Å². The molecule has 128 valence electrons. The molecule has 0 unspecified atom stereocenters. The second-order valence-electron chi connectivity index (χ2n) is 5.77. The van der Waals surface area contributed by atoms with Crippen LogP contribution in [0.15, 0.2) is 30.3 Å². The third-order valence-electron chi connectivity index (χ3n) is 3.70. The van der Waals surface area contributed by atoms with Crippen LogP contribution >= 0.6 is 0 Å². The standard InChI is InChI=1S/C19H28O4/c1-2-3-4-5-6-7-8-9-13-16-18(20)22-23-19(21)17-14-11-10-12-15-17/h10-12,14-15H,2-9,13,16H2,1H3. The molecule has 0 aliphatic rings. The Morgan fingerprint density at radius 1 is 0.783 bits per heavy atom. The predicted molar refractivity (Wildman–Crippen MR) is 89.8 cm³/mol. The summed E-state index contributed by atoms with van der Waals surface area (Å²) >= 11 is 0. The lowest BCUT2D eigenvalue weighted by molar-refractivity contribution is -0.234. The minimum absolute atomic E-state index is 0.290. The summed E-state index contributed by atoms with van der Waals surface area (Å²) in [7, 11) is 0. The van der Waals surface area contributed by atoms with Crippen molar-refractivity contribution >= 4 is 11.9 Å². The zero-order chi connectivity index (χ0) is 16.8. The first kappa shape index (κ1) is 19.2. The maximum absolute atomic E-state index is 11.6. The van der Waals surface area contributed by atoms with Gasteiger partial charge in [0.25, 0.3) is 0 Å². The highest BCUT2D eigenvalue weighted by Crippen LogP contribution is 2.11. The Labute approximate surface area is 139 Å². The van der Waals surface area contributed by atoms with E-state index in [1.807, 2.05) is 0 Å². The molecule has 0 heterocycles. The highest BCUT2D eigenvalue weighted by molar-refractivity contribution is 5.89. The van der Waals surface area contributed by atoms with Gasteiger partial charge in [-0.25, -0.2) is 19.4 Å². The van der Waals surface area contributed by atoms with Crippen molar-refractivity contribution in [2.45, 2.75) is 71.1 Å². The van der Waals surface area contributed by atoms with E-state index in [2.05, 4.69) is 16.7 Å². The molecular formula is C19H28O4.